The highest BCUT2D eigenvalue weighted by Gasteiger charge is 2.23. The molecule has 0 atom stereocenters. The van der Waals surface area contributed by atoms with Crippen LogP contribution in [0.4, 0.5) is 8.78 Å². The zero-order valence-electron chi connectivity index (χ0n) is 26.5. The van der Waals surface area contributed by atoms with Crippen LogP contribution in [0.15, 0.2) is 48.6 Å². The van der Waals surface area contributed by atoms with Crippen LogP contribution in [-0.4, -0.2) is 6.61 Å². The van der Waals surface area contributed by atoms with Crippen LogP contribution in [0.5, 0.6) is 5.75 Å². The third-order valence-corrected chi connectivity index (χ3v) is 10.1. The smallest absolute Gasteiger partial charge is 0.201 e. The Bertz CT molecular complexity index is 1060. The van der Waals surface area contributed by atoms with Crippen LogP contribution >= 0.6 is 0 Å². The van der Waals surface area contributed by atoms with Gasteiger partial charge in [0.15, 0.2) is 11.6 Å². The van der Waals surface area contributed by atoms with Gasteiger partial charge in [-0.1, -0.05) is 95.2 Å². The van der Waals surface area contributed by atoms with E-state index < -0.39 is 11.6 Å². The van der Waals surface area contributed by atoms with E-state index in [1.807, 2.05) is 12.1 Å². The van der Waals surface area contributed by atoms with E-state index in [0.717, 1.165) is 49.0 Å². The molecule has 0 bridgehead atoms. The minimum Gasteiger partial charge on any atom is -0.490 e. The van der Waals surface area contributed by atoms with Gasteiger partial charge in [-0.2, -0.15) is 4.39 Å². The normalized spacial score (nSPS) is 23.0. The van der Waals surface area contributed by atoms with Crippen molar-refractivity contribution in [3.8, 4) is 16.9 Å². The molecule has 0 aliphatic heterocycles. The Morgan fingerprint density at radius 3 is 2.07 bits per heavy atom. The molecule has 2 saturated carbocycles. The summed E-state index contributed by atoms with van der Waals surface area (Å²) in [7, 11) is 0. The average molecular weight is 579 g/mol. The maximum atomic E-state index is 14.9. The fourth-order valence-electron chi connectivity index (χ4n) is 7.27. The summed E-state index contributed by atoms with van der Waals surface area (Å²) in [6.07, 6.45) is 28.1. The summed E-state index contributed by atoms with van der Waals surface area (Å²) in [6, 6.07) is 11.4. The number of hydrogen-bond donors (Lipinski definition) is 0. The predicted molar refractivity (Wildman–Crippen MR) is 174 cm³/mol. The zero-order chi connectivity index (χ0) is 29.6. The average Bonchev–Trinajstić information content (AvgIpc) is 3.02. The Morgan fingerprint density at radius 2 is 1.36 bits per heavy atom. The third-order valence-electron chi connectivity index (χ3n) is 10.1. The summed E-state index contributed by atoms with van der Waals surface area (Å²) >= 11 is 0. The number of ether oxygens (including phenoxy) is 1. The second-order valence-corrected chi connectivity index (χ2v) is 13.3. The van der Waals surface area contributed by atoms with Crippen molar-refractivity contribution in [3.63, 3.8) is 0 Å². The largest absolute Gasteiger partial charge is 0.490 e. The number of benzene rings is 2. The van der Waals surface area contributed by atoms with Gasteiger partial charge in [-0.25, -0.2) is 4.39 Å². The molecule has 4 rings (SSSR count). The van der Waals surface area contributed by atoms with Crippen molar-refractivity contribution in [2.24, 2.45) is 17.8 Å². The first-order valence-corrected chi connectivity index (χ1v) is 17.5. The lowest BCUT2D eigenvalue weighted by atomic mass is 9.77. The van der Waals surface area contributed by atoms with Crippen LogP contribution in [0.1, 0.15) is 141 Å². The number of allylic oxidation sites excluding steroid dienone is 2. The van der Waals surface area contributed by atoms with Gasteiger partial charge in [0.2, 0.25) is 5.82 Å². The third kappa shape index (κ3) is 9.95. The number of unbranched alkanes of at least 4 members (excludes halogenated alkanes) is 5. The van der Waals surface area contributed by atoms with Gasteiger partial charge in [-0.05, 0) is 118 Å². The molecule has 0 heterocycles. The van der Waals surface area contributed by atoms with Crippen LogP contribution in [0, 0.1) is 29.4 Å². The van der Waals surface area contributed by atoms with E-state index in [-0.39, 0.29) is 5.75 Å². The van der Waals surface area contributed by atoms with Crippen LogP contribution in [0.25, 0.3) is 11.1 Å². The predicted octanol–water partition coefficient (Wildman–Crippen LogP) is 12.6. The molecule has 2 aliphatic carbocycles. The summed E-state index contributed by atoms with van der Waals surface area (Å²) in [4.78, 5) is 0. The molecule has 0 amide bonds. The first-order chi connectivity index (χ1) is 20.6. The van der Waals surface area contributed by atoms with Crippen molar-refractivity contribution in [3.05, 3.63) is 65.7 Å². The summed E-state index contributed by atoms with van der Waals surface area (Å²) in [6.45, 7) is 4.87. The van der Waals surface area contributed by atoms with Gasteiger partial charge >= 0.3 is 0 Å². The lowest BCUT2D eigenvalue weighted by Gasteiger charge is -2.29. The van der Waals surface area contributed by atoms with E-state index in [9.17, 15) is 8.78 Å². The van der Waals surface area contributed by atoms with E-state index in [0.29, 0.717) is 18.1 Å². The maximum Gasteiger partial charge on any atom is 0.201 e. The molecule has 0 unspecified atom stereocenters. The van der Waals surface area contributed by atoms with Crippen molar-refractivity contribution >= 4 is 0 Å². The molecule has 2 aliphatic rings. The summed E-state index contributed by atoms with van der Waals surface area (Å²) in [5.74, 6) is 1.53. The Morgan fingerprint density at radius 1 is 0.690 bits per heavy atom. The minimum atomic E-state index is -0.884. The van der Waals surface area contributed by atoms with Gasteiger partial charge < -0.3 is 4.74 Å². The summed E-state index contributed by atoms with van der Waals surface area (Å²) in [5, 5.41) is 0. The number of rotatable bonds is 16. The lowest BCUT2D eigenvalue weighted by Crippen LogP contribution is -2.13. The number of hydrogen-bond acceptors (Lipinski definition) is 1. The zero-order valence-corrected chi connectivity index (χ0v) is 26.5. The SMILES string of the molecule is CCCCCCOc1ccc(-c2ccc(C3CCC(CC/C=C/C4CCC(CCCCC)CC4)CC3)cc2)c(F)c1F. The molecular weight excluding hydrogens is 522 g/mol. The topological polar surface area (TPSA) is 9.23 Å². The lowest BCUT2D eigenvalue weighted by molar-refractivity contribution is 0.285. The van der Waals surface area contributed by atoms with Crippen LogP contribution < -0.4 is 4.74 Å². The first kappa shape index (κ1) is 32.7. The van der Waals surface area contributed by atoms with Gasteiger partial charge in [0.25, 0.3) is 0 Å². The molecule has 1 nitrogen and oxygen atoms in total. The van der Waals surface area contributed by atoms with E-state index in [4.69, 9.17) is 4.74 Å². The highest BCUT2D eigenvalue weighted by Crippen LogP contribution is 2.39. The fourth-order valence-corrected chi connectivity index (χ4v) is 7.27. The maximum absolute atomic E-state index is 14.9. The van der Waals surface area contributed by atoms with Crippen molar-refractivity contribution in [1.82, 2.24) is 0 Å². The first-order valence-electron chi connectivity index (χ1n) is 17.5. The van der Waals surface area contributed by atoms with Crippen molar-refractivity contribution < 1.29 is 13.5 Å². The van der Waals surface area contributed by atoms with Crippen LogP contribution in [0.3, 0.4) is 0 Å². The molecule has 0 saturated heterocycles. The van der Waals surface area contributed by atoms with Gasteiger partial charge in [0.05, 0.1) is 6.61 Å². The highest BCUT2D eigenvalue weighted by atomic mass is 19.2. The molecular formula is C39H56F2O. The van der Waals surface area contributed by atoms with Crippen molar-refractivity contribution in [2.45, 2.75) is 135 Å². The second-order valence-electron chi connectivity index (χ2n) is 13.3. The molecule has 0 N–H and O–H groups in total. The Hall–Kier alpha value is -2.16. The Labute approximate surface area is 255 Å². The molecule has 2 fully saturated rings. The quantitative estimate of drug-likeness (QED) is 0.142. The Balaban J connectivity index is 1.17. The minimum absolute atomic E-state index is 0.0110. The van der Waals surface area contributed by atoms with E-state index in [2.05, 4.69) is 38.1 Å². The molecule has 2 aromatic carbocycles. The molecule has 0 spiro atoms. The summed E-state index contributed by atoms with van der Waals surface area (Å²) < 4.78 is 35.1. The molecule has 0 aromatic heterocycles. The van der Waals surface area contributed by atoms with E-state index >= 15 is 0 Å². The highest BCUT2D eigenvalue weighted by molar-refractivity contribution is 5.65. The summed E-state index contributed by atoms with van der Waals surface area (Å²) in [5.41, 5.74) is 2.35. The van der Waals surface area contributed by atoms with Crippen LogP contribution in [-0.2, 0) is 0 Å². The van der Waals surface area contributed by atoms with Crippen molar-refractivity contribution in [2.75, 3.05) is 6.61 Å². The van der Waals surface area contributed by atoms with Gasteiger partial charge in [-0.15, -0.1) is 0 Å². The molecule has 0 radical (unpaired) electrons. The van der Waals surface area contributed by atoms with Gasteiger partial charge in [-0.3, -0.25) is 0 Å². The standard InChI is InChI=1S/C39H56F2O/c1-3-5-7-11-29-42-37-28-27-36(38(40)39(37)41)35-25-23-34(24-26-35)33-21-19-32(20-22-33)14-10-9-13-31-17-15-30(16-18-31)12-8-6-4-2/h9,13,23-28,30-33H,3-8,10-12,14-22,29H2,1-2H3/b13-9+. The molecule has 3 heteroatoms. The van der Waals surface area contributed by atoms with Crippen LogP contribution in [0.2, 0.25) is 0 Å². The Kier molecular flexibility index (Phi) is 13.9. The molecule has 2 aromatic rings. The fraction of sp³-hybridized carbons (Fsp3) is 0.641. The monoisotopic (exact) mass is 578 g/mol. The molecule has 42 heavy (non-hydrogen) atoms. The van der Waals surface area contributed by atoms with Gasteiger partial charge in [0.1, 0.15) is 0 Å². The van der Waals surface area contributed by atoms with Gasteiger partial charge in [0, 0.05) is 5.56 Å². The van der Waals surface area contributed by atoms with E-state index in [1.54, 1.807) is 12.1 Å². The molecule has 232 valence electrons. The second kappa shape index (κ2) is 17.8. The van der Waals surface area contributed by atoms with Crippen molar-refractivity contribution in [1.29, 1.82) is 0 Å². The number of halogens is 2. The van der Waals surface area contributed by atoms with E-state index in [1.165, 1.54) is 95.5 Å².